The summed E-state index contributed by atoms with van der Waals surface area (Å²) in [5.41, 5.74) is 1.51. The van der Waals surface area contributed by atoms with Crippen molar-refractivity contribution in [2.75, 3.05) is 44.9 Å². The van der Waals surface area contributed by atoms with Crippen LogP contribution in [0.5, 0.6) is 17.2 Å². The molecular weight excluding hydrogens is 420 g/mol. The predicted octanol–water partition coefficient (Wildman–Crippen LogP) is 4.42. The maximum Gasteiger partial charge on any atom is 0.323 e. The van der Waals surface area contributed by atoms with Gasteiger partial charge >= 0.3 is 6.03 Å². The Hall–Kier alpha value is -4.04. The molecule has 3 amide bonds. The van der Waals surface area contributed by atoms with Gasteiger partial charge in [-0.2, -0.15) is 0 Å². The smallest absolute Gasteiger partial charge is 0.323 e. The van der Waals surface area contributed by atoms with Gasteiger partial charge < -0.3 is 30.3 Å². The first kappa shape index (κ1) is 23.6. The quantitative estimate of drug-likeness (QED) is 0.451. The average molecular weight is 449 g/mol. The van der Waals surface area contributed by atoms with Gasteiger partial charge in [0.2, 0.25) is 0 Å². The summed E-state index contributed by atoms with van der Waals surface area (Å²) in [7, 11) is 5.35. The fourth-order valence-electron chi connectivity index (χ4n) is 2.97. The van der Waals surface area contributed by atoms with E-state index in [0.717, 1.165) is 12.3 Å². The topological polar surface area (TPSA) is 91.9 Å². The SMILES string of the molecule is COc1cc(NC(=O)Nc2ccc(Oc3ccccc3)cc2)ccc1C(=O)NCCN(C)C. The molecule has 0 fully saturated rings. The van der Waals surface area contributed by atoms with E-state index in [0.29, 0.717) is 35.0 Å². The molecule has 0 bridgehead atoms. The first-order valence-corrected chi connectivity index (χ1v) is 10.5. The molecule has 0 unspecified atom stereocenters. The number of rotatable bonds is 9. The third-order valence-electron chi connectivity index (χ3n) is 4.64. The normalized spacial score (nSPS) is 10.4. The summed E-state index contributed by atoms with van der Waals surface area (Å²) in [6, 6.07) is 21.0. The van der Waals surface area contributed by atoms with Gasteiger partial charge in [0.1, 0.15) is 17.2 Å². The lowest BCUT2D eigenvalue weighted by atomic mass is 10.1. The van der Waals surface area contributed by atoms with Crippen LogP contribution in [-0.2, 0) is 0 Å². The van der Waals surface area contributed by atoms with Crippen LogP contribution in [0.2, 0.25) is 0 Å². The highest BCUT2D eigenvalue weighted by molar-refractivity contribution is 6.01. The van der Waals surface area contributed by atoms with Gasteiger partial charge in [0, 0.05) is 30.5 Å². The number of likely N-dealkylation sites (N-methyl/N-ethyl adjacent to an activating group) is 1. The lowest BCUT2D eigenvalue weighted by molar-refractivity contribution is 0.0948. The third-order valence-corrected chi connectivity index (χ3v) is 4.64. The second-order valence-electron chi connectivity index (χ2n) is 7.49. The lowest BCUT2D eigenvalue weighted by Crippen LogP contribution is -2.31. The minimum atomic E-state index is -0.419. The number of methoxy groups -OCH3 is 1. The van der Waals surface area contributed by atoms with Gasteiger partial charge in [-0.25, -0.2) is 4.79 Å². The molecule has 0 saturated carbocycles. The number of anilines is 2. The minimum Gasteiger partial charge on any atom is -0.496 e. The molecule has 0 aliphatic heterocycles. The van der Waals surface area contributed by atoms with Crippen molar-refractivity contribution in [1.82, 2.24) is 10.2 Å². The first-order chi connectivity index (χ1) is 15.9. The third kappa shape index (κ3) is 7.26. The van der Waals surface area contributed by atoms with Crippen molar-refractivity contribution in [1.29, 1.82) is 0 Å². The Kier molecular flexibility index (Phi) is 8.26. The number of carbonyl (C=O) groups excluding carboxylic acids is 2. The van der Waals surface area contributed by atoms with E-state index in [-0.39, 0.29) is 5.91 Å². The molecule has 33 heavy (non-hydrogen) atoms. The number of urea groups is 1. The molecule has 3 aromatic rings. The van der Waals surface area contributed by atoms with E-state index in [2.05, 4.69) is 16.0 Å². The van der Waals surface area contributed by atoms with Gasteiger partial charge in [0.15, 0.2) is 0 Å². The Balaban J connectivity index is 1.56. The summed E-state index contributed by atoms with van der Waals surface area (Å²) in [6.45, 7) is 1.25. The first-order valence-electron chi connectivity index (χ1n) is 10.5. The number of hydrogen-bond donors (Lipinski definition) is 3. The van der Waals surface area contributed by atoms with Crippen molar-refractivity contribution in [2.45, 2.75) is 0 Å². The van der Waals surface area contributed by atoms with Crippen molar-refractivity contribution in [3.05, 3.63) is 78.4 Å². The van der Waals surface area contributed by atoms with E-state index in [9.17, 15) is 9.59 Å². The fourth-order valence-corrected chi connectivity index (χ4v) is 2.97. The average Bonchev–Trinajstić information content (AvgIpc) is 2.80. The monoisotopic (exact) mass is 448 g/mol. The molecule has 0 aromatic heterocycles. The minimum absolute atomic E-state index is 0.234. The largest absolute Gasteiger partial charge is 0.496 e. The molecular formula is C25H28N4O4. The molecule has 8 nitrogen and oxygen atoms in total. The van der Waals surface area contributed by atoms with Crippen molar-refractivity contribution >= 4 is 23.3 Å². The van der Waals surface area contributed by atoms with Crippen LogP contribution in [0.1, 0.15) is 10.4 Å². The van der Waals surface area contributed by atoms with Gasteiger partial charge in [-0.05, 0) is 62.6 Å². The molecule has 172 valence electrons. The Morgan fingerprint density at radius 2 is 1.48 bits per heavy atom. The van der Waals surface area contributed by atoms with Crippen molar-refractivity contribution < 1.29 is 19.1 Å². The fraction of sp³-hybridized carbons (Fsp3) is 0.200. The van der Waals surface area contributed by atoms with E-state index in [1.165, 1.54) is 7.11 Å². The van der Waals surface area contributed by atoms with Crippen molar-refractivity contribution in [2.24, 2.45) is 0 Å². The van der Waals surface area contributed by atoms with Gasteiger partial charge in [-0.15, -0.1) is 0 Å². The summed E-state index contributed by atoms with van der Waals surface area (Å²) in [4.78, 5) is 26.8. The highest BCUT2D eigenvalue weighted by Gasteiger charge is 2.14. The molecule has 8 heteroatoms. The lowest BCUT2D eigenvalue weighted by Gasteiger charge is -2.14. The van der Waals surface area contributed by atoms with Crippen LogP contribution in [0, 0.1) is 0 Å². The molecule has 0 saturated heterocycles. The zero-order valence-corrected chi connectivity index (χ0v) is 18.9. The Bertz CT molecular complexity index is 1070. The van der Waals surface area contributed by atoms with Gasteiger partial charge in [0.25, 0.3) is 5.91 Å². The van der Waals surface area contributed by atoms with Crippen LogP contribution in [0.3, 0.4) is 0 Å². The molecule has 0 heterocycles. The summed E-state index contributed by atoms with van der Waals surface area (Å²) in [6.07, 6.45) is 0. The molecule has 3 N–H and O–H groups in total. The number of amides is 3. The van der Waals surface area contributed by atoms with E-state index >= 15 is 0 Å². The summed E-state index contributed by atoms with van der Waals surface area (Å²) >= 11 is 0. The van der Waals surface area contributed by atoms with Gasteiger partial charge in [0.05, 0.1) is 12.7 Å². The molecule has 0 aliphatic carbocycles. The van der Waals surface area contributed by atoms with E-state index in [1.807, 2.05) is 49.3 Å². The van der Waals surface area contributed by atoms with Crippen LogP contribution in [0.4, 0.5) is 16.2 Å². The highest BCUT2D eigenvalue weighted by atomic mass is 16.5. The zero-order valence-electron chi connectivity index (χ0n) is 18.9. The Morgan fingerprint density at radius 1 is 0.848 bits per heavy atom. The van der Waals surface area contributed by atoms with Crippen LogP contribution in [-0.4, -0.2) is 51.1 Å². The van der Waals surface area contributed by atoms with Crippen molar-refractivity contribution in [3.63, 3.8) is 0 Å². The number of carbonyl (C=O) groups is 2. The van der Waals surface area contributed by atoms with Crippen LogP contribution in [0.15, 0.2) is 72.8 Å². The van der Waals surface area contributed by atoms with Crippen LogP contribution < -0.4 is 25.4 Å². The van der Waals surface area contributed by atoms with E-state index in [1.54, 1.807) is 42.5 Å². The number of nitrogens with one attached hydrogen (secondary N) is 3. The number of para-hydroxylation sites is 1. The maximum atomic E-state index is 12.4. The summed E-state index contributed by atoms with van der Waals surface area (Å²) in [5, 5.41) is 8.36. The van der Waals surface area contributed by atoms with Crippen LogP contribution in [0.25, 0.3) is 0 Å². The second-order valence-corrected chi connectivity index (χ2v) is 7.49. The highest BCUT2D eigenvalue weighted by Crippen LogP contribution is 2.25. The number of hydrogen-bond acceptors (Lipinski definition) is 5. The van der Waals surface area contributed by atoms with Crippen LogP contribution >= 0.6 is 0 Å². The number of nitrogens with zero attached hydrogens (tertiary/aromatic N) is 1. The summed E-state index contributed by atoms with van der Waals surface area (Å²) < 4.78 is 11.1. The molecule has 0 spiro atoms. The van der Waals surface area contributed by atoms with Crippen molar-refractivity contribution in [3.8, 4) is 17.2 Å². The maximum absolute atomic E-state index is 12.4. The zero-order chi connectivity index (χ0) is 23.6. The Labute approximate surface area is 193 Å². The van der Waals surface area contributed by atoms with Gasteiger partial charge in [-0.3, -0.25) is 4.79 Å². The molecule has 0 radical (unpaired) electrons. The van der Waals surface area contributed by atoms with E-state index < -0.39 is 6.03 Å². The molecule has 3 rings (SSSR count). The van der Waals surface area contributed by atoms with E-state index in [4.69, 9.17) is 9.47 Å². The molecule has 0 atom stereocenters. The second kappa shape index (κ2) is 11.5. The predicted molar refractivity (Wildman–Crippen MR) is 129 cm³/mol. The number of ether oxygens (including phenoxy) is 2. The standard InChI is InChI=1S/C25H28N4O4/c1-29(2)16-15-26-24(30)22-14-11-19(17-23(22)32-3)28-25(31)27-18-9-12-21(13-10-18)33-20-7-5-4-6-8-20/h4-14,17H,15-16H2,1-3H3,(H,26,30)(H2,27,28,31). The molecule has 0 aliphatic rings. The summed E-state index contributed by atoms with van der Waals surface area (Å²) in [5.74, 6) is 1.54. The molecule has 3 aromatic carbocycles. The number of benzene rings is 3. The Morgan fingerprint density at radius 3 is 2.15 bits per heavy atom. The van der Waals surface area contributed by atoms with Gasteiger partial charge in [-0.1, -0.05) is 18.2 Å².